The van der Waals surface area contributed by atoms with Gasteiger partial charge in [0, 0.05) is 19.4 Å². The first kappa shape index (κ1) is 16.8. The molecule has 1 aliphatic rings. The van der Waals surface area contributed by atoms with Crippen molar-refractivity contribution in [3.8, 4) is 0 Å². The Morgan fingerprint density at radius 3 is 2.45 bits per heavy atom. The zero-order valence-corrected chi connectivity index (χ0v) is 12.9. The zero-order chi connectivity index (χ0) is 15.6. The summed E-state index contributed by atoms with van der Waals surface area (Å²) in [6.45, 7) is 9.46. The van der Waals surface area contributed by atoms with Gasteiger partial charge in [0.05, 0.1) is 6.10 Å². The molecule has 2 unspecified atom stereocenters. The second kappa shape index (κ2) is 5.99. The molecule has 0 radical (unpaired) electrons. The Balaban J connectivity index is 2.82. The summed E-state index contributed by atoms with van der Waals surface area (Å²) >= 11 is 0. The van der Waals surface area contributed by atoms with Crippen LogP contribution in [0.25, 0.3) is 0 Å². The minimum Gasteiger partial charge on any atom is -0.480 e. The predicted molar refractivity (Wildman–Crippen MR) is 73.5 cm³/mol. The first-order valence-corrected chi connectivity index (χ1v) is 6.92. The van der Waals surface area contributed by atoms with Crippen molar-refractivity contribution in [3.05, 3.63) is 0 Å². The second-order valence-corrected chi connectivity index (χ2v) is 6.62. The van der Waals surface area contributed by atoms with Crippen LogP contribution in [-0.4, -0.2) is 41.0 Å². The Morgan fingerprint density at radius 2 is 2.00 bits per heavy atom. The molecule has 20 heavy (non-hydrogen) atoms. The van der Waals surface area contributed by atoms with Gasteiger partial charge in [-0.3, -0.25) is 0 Å². The van der Waals surface area contributed by atoms with Crippen molar-refractivity contribution in [2.45, 2.75) is 64.7 Å². The van der Waals surface area contributed by atoms with E-state index in [-0.39, 0.29) is 24.9 Å². The Morgan fingerprint density at radius 1 is 1.40 bits per heavy atom. The molecule has 6 nitrogen and oxygen atoms in total. The molecule has 0 aromatic carbocycles. The van der Waals surface area contributed by atoms with Crippen LogP contribution in [0.3, 0.4) is 0 Å². The first-order valence-electron chi connectivity index (χ1n) is 6.92. The highest BCUT2D eigenvalue weighted by atomic mass is 16.6. The Hall–Kier alpha value is -1.30. The third kappa shape index (κ3) is 4.37. The maximum absolute atomic E-state index is 11.9. The molecule has 1 saturated heterocycles. The number of amides is 1. The Kier molecular flexibility index (Phi) is 5.02. The van der Waals surface area contributed by atoms with Gasteiger partial charge in [0.25, 0.3) is 0 Å². The van der Waals surface area contributed by atoms with Crippen LogP contribution >= 0.6 is 0 Å². The van der Waals surface area contributed by atoms with E-state index in [0.29, 0.717) is 6.61 Å². The summed E-state index contributed by atoms with van der Waals surface area (Å²) < 4.78 is 10.7. The van der Waals surface area contributed by atoms with Gasteiger partial charge in [-0.15, -0.1) is 0 Å². The third-order valence-electron chi connectivity index (χ3n) is 3.30. The van der Waals surface area contributed by atoms with Crippen molar-refractivity contribution in [3.63, 3.8) is 0 Å². The van der Waals surface area contributed by atoms with Crippen LogP contribution in [0.5, 0.6) is 0 Å². The number of carbonyl (C=O) groups excluding carboxylic acids is 1. The molecule has 2 atom stereocenters. The van der Waals surface area contributed by atoms with Gasteiger partial charge >= 0.3 is 12.1 Å². The SMILES string of the molecule is CC(C)C1CC(NC(=O)OC(C)(C)C)(C(=O)O)CCO1. The summed E-state index contributed by atoms with van der Waals surface area (Å²) in [6.07, 6.45) is -0.400. The number of carbonyl (C=O) groups is 2. The number of hydrogen-bond donors (Lipinski definition) is 2. The van der Waals surface area contributed by atoms with Gasteiger partial charge in [-0.2, -0.15) is 0 Å². The normalized spacial score (nSPS) is 27.2. The van der Waals surface area contributed by atoms with Crippen molar-refractivity contribution < 1.29 is 24.2 Å². The number of nitrogens with one attached hydrogen (secondary N) is 1. The standard InChI is InChI=1S/C14H25NO5/c1-9(2)10-8-14(11(16)17,6-7-19-10)15-12(18)20-13(3,4)5/h9-10H,6-8H2,1-5H3,(H,15,18)(H,16,17). The summed E-state index contributed by atoms with van der Waals surface area (Å²) in [7, 11) is 0. The predicted octanol–water partition coefficient (Wildman–Crippen LogP) is 2.17. The molecule has 2 N–H and O–H groups in total. The maximum Gasteiger partial charge on any atom is 0.408 e. The van der Waals surface area contributed by atoms with Gasteiger partial charge in [0.1, 0.15) is 11.1 Å². The number of carboxylic acids is 1. The lowest BCUT2D eigenvalue weighted by atomic mass is 9.83. The third-order valence-corrected chi connectivity index (χ3v) is 3.30. The summed E-state index contributed by atoms with van der Waals surface area (Å²) in [5, 5.41) is 12.0. The molecule has 1 rings (SSSR count). The van der Waals surface area contributed by atoms with Crippen molar-refractivity contribution in [1.82, 2.24) is 5.32 Å². The first-order chi connectivity index (χ1) is 9.06. The fourth-order valence-corrected chi connectivity index (χ4v) is 2.18. The van der Waals surface area contributed by atoms with Gasteiger partial charge in [-0.05, 0) is 26.7 Å². The average Bonchev–Trinajstić information content (AvgIpc) is 2.26. The maximum atomic E-state index is 11.9. The van der Waals surface area contributed by atoms with E-state index in [9.17, 15) is 14.7 Å². The molecule has 1 aliphatic heterocycles. The lowest BCUT2D eigenvalue weighted by Gasteiger charge is -2.39. The molecule has 6 heteroatoms. The molecule has 0 saturated carbocycles. The molecule has 0 aromatic heterocycles. The zero-order valence-electron chi connectivity index (χ0n) is 12.9. The topological polar surface area (TPSA) is 84.9 Å². The van der Waals surface area contributed by atoms with E-state index in [1.165, 1.54) is 0 Å². The van der Waals surface area contributed by atoms with E-state index in [4.69, 9.17) is 9.47 Å². The number of ether oxygens (including phenoxy) is 2. The minimum absolute atomic E-state index is 0.185. The van der Waals surface area contributed by atoms with E-state index < -0.39 is 23.2 Å². The van der Waals surface area contributed by atoms with Gasteiger partial charge < -0.3 is 19.9 Å². The van der Waals surface area contributed by atoms with E-state index in [1.54, 1.807) is 20.8 Å². The molecule has 0 bridgehead atoms. The Labute approximate surface area is 119 Å². The van der Waals surface area contributed by atoms with Crippen LogP contribution in [0.4, 0.5) is 4.79 Å². The summed E-state index contributed by atoms with van der Waals surface area (Å²) in [5.41, 5.74) is -1.97. The van der Waals surface area contributed by atoms with Gasteiger partial charge in [0.2, 0.25) is 0 Å². The van der Waals surface area contributed by atoms with E-state index in [0.717, 1.165) is 0 Å². The molecule has 1 fully saturated rings. The molecule has 1 heterocycles. The molecular weight excluding hydrogens is 262 g/mol. The molecule has 116 valence electrons. The van der Waals surface area contributed by atoms with Crippen molar-refractivity contribution >= 4 is 12.1 Å². The summed E-state index contributed by atoms with van der Waals surface area (Å²) in [4.78, 5) is 23.5. The number of aliphatic carboxylic acids is 1. The van der Waals surface area contributed by atoms with Crippen molar-refractivity contribution in [1.29, 1.82) is 0 Å². The van der Waals surface area contributed by atoms with Crippen LogP contribution in [0.2, 0.25) is 0 Å². The van der Waals surface area contributed by atoms with Crippen LogP contribution in [0.1, 0.15) is 47.5 Å². The second-order valence-electron chi connectivity index (χ2n) is 6.62. The summed E-state index contributed by atoms with van der Waals surface area (Å²) in [5.74, 6) is -0.855. The molecule has 0 spiro atoms. The Bertz CT molecular complexity index is 374. The highest BCUT2D eigenvalue weighted by molar-refractivity contribution is 5.84. The lowest BCUT2D eigenvalue weighted by Crippen LogP contribution is -2.60. The molecule has 1 amide bonds. The fraction of sp³-hybridized carbons (Fsp3) is 0.857. The van der Waals surface area contributed by atoms with Gasteiger partial charge in [0.15, 0.2) is 0 Å². The lowest BCUT2D eigenvalue weighted by molar-refractivity contribution is -0.153. The summed E-state index contributed by atoms with van der Waals surface area (Å²) in [6, 6.07) is 0. The van der Waals surface area contributed by atoms with Gasteiger partial charge in [-0.1, -0.05) is 13.8 Å². The van der Waals surface area contributed by atoms with Crippen molar-refractivity contribution in [2.75, 3.05) is 6.61 Å². The smallest absolute Gasteiger partial charge is 0.408 e. The van der Waals surface area contributed by atoms with Crippen LogP contribution in [0.15, 0.2) is 0 Å². The van der Waals surface area contributed by atoms with Crippen LogP contribution < -0.4 is 5.32 Å². The monoisotopic (exact) mass is 287 g/mol. The average molecular weight is 287 g/mol. The molecule has 0 aliphatic carbocycles. The van der Waals surface area contributed by atoms with Crippen LogP contribution in [-0.2, 0) is 14.3 Å². The van der Waals surface area contributed by atoms with Crippen LogP contribution in [0, 0.1) is 5.92 Å². The highest BCUT2D eigenvalue weighted by Crippen LogP contribution is 2.29. The number of carboxylic acid groups (broad SMARTS) is 1. The number of hydrogen-bond acceptors (Lipinski definition) is 4. The number of alkyl carbamates (subject to hydrolysis) is 1. The largest absolute Gasteiger partial charge is 0.480 e. The van der Waals surface area contributed by atoms with Crippen molar-refractivity contribution in [2.24, 2.45) is 5.92 Å². The van der Waals surface area contributed by atoms with E-state index in [1.807, 2.05) is 13.8 Å². The van der Waals surface area contributed by atoms with E-state index in [2.05, 4.69) is 5.32 Å². The van der Waals surface area contributed by atoms with E-state index >= 15 is 0 Å². The minimum atomic E-state index is -1.31. The molecular formula is C14H25NO5. The molecule has 0 aromatic rings. The highest BCUT2D eigenvalue weighted by Gasteiger charge is 2.46. The number of rotatable bonds is 3. The fourth-order valence-electron chi connectivity index (χ4n) is 2.18. The van der Waals surface area contributed by atoms with Gasteiger partial charge in [-0.25, -0.2) is 9.59 Å². The quantitative estimate of drug-likeness (QED) is 0.831.